The van der Waals surface area contributed by atoms with E-state index in [0.29, 0.717) is 11.0 Å². The maximum atomic E-state index is 6.51. The Hall–Kier alpha value is -1.27. The third kappa shape index (κ3) is 2.58. The van der Waals surface area contributed by atoms with E-state index in [1.54, 1.807) is 0 Å². The van der Waals surface area contributed by atoms with Crippen molar-refractivity contribution in [3.63, 3.8) is 0 Å². The van der Waals surface area contributed by atoms with Gasteiger partial charge in [0.2, 0.25) is 11.9 Å². The summed E-state index contributed by atoms with van der Waals surface area (Å²) in [4.78, 5) is 10.8. The maximum Gasteiger partial charge on any atom is 0.220 e. The van der Waals surface area contributed by atoms with Crippen LogP contribution in [0, 0.1) is 6.92 Å². The Balaban J connectivity index is 2.16. The molecule has 0 aromatic heterocycles. The third-order valence-corrected chi connectivity index (χ3v) is 5.13. The molecule has 118 valence electrons. The molecule has 22 heavy (non-hydrogen) atoms. The molecule has 0 bridgehead atoms. The highest BCUT2D eigenvalue weighted by Crippen LogP contribution is 2.44. The van der Waals surface area contributed by atoms with Gasteiger partial charge in [-0.2, -0.15) is 4.99 Å². The van der Waals surface area contributed by atoms with Gasteiger partial charge < -0.3 is 11.5 Å². The van der Waals surface area contributed by atoms with Crippen LogP contribution in [0.5, 0.6) is 0 Å². The fourth-order valence-corrected chi connectivity index (χ4v) is 4.58. The van der Waals surface area contributed by atoms with Gasteiger partial charge in [-0.25, -0.2) is 4.99 Å². The summed E-state index contributed by atoms with van der Waals surface area (Å²) < 4.78 is 0.885. The van der Waals surface area contributed by atoms with Crippen molar-refractivity contribution in [2.75, 3.05) is 4.90 Å². The molecular formula is C15H19BrClN5. The summed E-state index contributed by atoms with van der Waals surface area (Å²) in [7, 11) is 0. The molecule has 0 saturated heterocycles. The monoisotopic (exact) mass is 383 g/mol. The van der Waals surface area contributed by atoms with E-state index in [1.807, 2.05) is 24.0 Å². The molecule has 1 aliphatic heterocycles. The normalized spacial score (nSPS) is 20.8. The van der Waals surface area contributed by atoms with E-state index in [4.69, 9.17) is 23.1 Å². The molecule has 1 aliphatic carbocycles. The van der Waals surface area contributed by atoms with Gasteiger partial charge in [0, 0.05) is 4.47 Å². The third-order valence-electron chi connectivity index (χ3n) is 4.24. The number of hydrogen-bond acceptors (Lipinski definition) is 5. The van der Waals surface area contributed by atoms with Gasteiger partial charge in [0.1, 0.15) is 5.66 Å². The van der Waals surface area contributed by atoms with E-state index in [-0.39, 0.29) is 5.96 Å². The van der Waals surface area contributed by atoms with Gasteiger partial charge in [0.05, 0.1) is 10.7 Å². The number of nitrogens with two attached hydrogens (primary N) is 2. The molecular weight excluding hydrogens is 366 g/mol. The van der Waals surface area contributed by atoms with Crippen molar-refractivity contribution >= 4 is 45.1 Å². The van der Waals surface area contributed by atoms with Crippen molar-refractivity contribution in [1.82, 2.24) is 0 Å². The molecule has 1 saturated carbocycles. The predicted octanol–water partition coefficient (Wildman–Crippen LogP) is 3.52. The highest BCUT2D eigenvalue weighted by atomic mass is 79.9. The fourth-order valence-electron chi connectivity index (χ4n) is 3.35. The number of hydrogen-bond donors (Lipinski definition) is 2. The lowest BCUT2D eigenvalue weighted by atomic mass is 9.87. The Labute approximate surface area is 143 Å². The summed E-state index contributed by atoms with van der Waals surface area (Å²) in [6.45, 7) is 2.00. The molecule has 1 aromatic rings. The van der Waals surface area contributed by atoms with Gasteiger partial charge in [-0.05, 0) is 66.2 Å². The zero-order valence-electron chi connectivity index (χ0n) is 12.4. The fraction of sp³-hybridized carbons (Fsp3) is 0.467. The number of halogens is 2. The van der Waals surface area contributed by atoms with Gasteiger partial charge in [-0.15, -0.1) is 0 Å². The summed E-state index contributed by atoms with van der Waals surface area (Å²) in [6.07, 6.45) is 5.15. The summed E-state index contributed by atoms with van der Waals surface area (Å²) in [5, 5.41) is 0.630. The summed E-state index contributed by atoms with van der Waals surface area (Å²) in [5.41, 5.74) is 13.5. The maximum absolute atomic E-state index is 6.51. The Kier molecular flexibility index (Phi) is 4.07. The lowest BCUT2D eigenvalue weighted by molar-refractivity contribution is 0.305. The smallest absolute Gasteiger partial charge is 0.220 e. The van der Waals surface area contributed by atoms with Gasteiger partial charge in [0.25, 0.3) is 0 Å². The first kappa shape index (κ1) is 15.6. The minimum Gasteiger partial charge on any atom is -0.369 e. The molecule has 0 atom stereocenters. The summed E-state index contributed by atoms with van der Waals surface area (Å²) in [5.74, 6) is 0.593. The second-order valence-corrected chi connectivity index (χ2v) is 7.16. The van der Waals surface area contributed by atoms with Crippen LogP contribution in [0.25, 0.3) is 0 Å². The Morgan fingerprint density at radius 2 is 1.91 bits per heavy atom. The van der Waals surface area contributed by atoms with Gasteiger partial charge in [-0.3, -0.25) is 4.90 Å². The second-order valence-electron chi connectivity index (χ2n) is 5.90. The lowest BCUT2D eigenvalue weighted by Gasteiger charge is -2.46. The SMILES string of the molecule is Cc1cc(Cl)c(N2C(N)=NC(N)=NC23CCCCC3)c(Br)c1. The molecule has 1 spiro atoms. The zero-order chi connectivity index (χ0) is 15.9. The largest absolute Gasteiger partial charge is 0.369 e. The quantitative estimate of drug-likeness (QED) is 0.777. The minimum atomic E-state index is -0.477. The Morgan fingerprint density at radius 1 is 1.23 bits per heavy atom. The molecule has 0 unspecified atom stereocenters. The van der Waals surface area contributed by atoms with E-state index in [1.165, 1.54) is 6.42 Å². The Morgan fingerprint density at radius 3 is 2.55 bits per heavy atom. The van der Waals surface area contributed by atoms with Crippen molar-refractivity contribution in [2.45, 2.75) is 44.7 Å². The van der Waals surface area contributed by atoms with E-state index in [0.717, 1.165) is 41.4 Å². The molecule has 5 nitrogen and oxygen atoms in total. The molecule has 1 heterocycles. The van der Waals surface area contributed by atoms with Crippen LogP contribution in [0.1, 0.15) is 37.7 Å². The molecule has 2 aliphatic rings. The minimum absolute atomic E-state index is 0.245. The Bertz CT molecular complexity index is 641. The number of guanidine groups is 2. The van der Waals surface area contributed by atoms with Crippen molar-refractivity contribution in [1.29, 1.82) is 0 Å². The van der Waals surface area contributed by atoms with Crippen LogP contribution in [0.3, 0.4) is 0 Å². The van der Waals surface area contributed by atoms with E-state index < -0.39 is 5.66 Å². The average Bonchev–Trinajstić information content (AvgIpc) is 2.41. The molecule has 0 amide bonds. The van der Waals surface area contributed by atoms with Crippen LogP contribution < -0.4 is 16.4 Å². The van der Waals surface area contributed by atoms with E-state index in [9.17, 15) is 0 Å². The van der Waals surface area contributed by atoms with E-state index >= 15 is 0 Å². The first-order chi connectivity index (χ1) is 10.4. The van der Waals surface area contributed by atoms with Crippen LogP contribution in [0.2, 0.25) is 5.02 Å². The topological polar surface area (TPSA) is 80.0 Å². The highest BCUT2D eigenvalue weighted by Gasteiger charge is 2.43. The van der Waals surface area contributed by atoms with Gasteiger partial charge in [0.15, 0.2) is 0 Å². The summed E-state index contributed by atoms with van der Waals surface area (Å²) in [6, 6.07) is 3.94. The number of aliphatic imine (C=N–C) groups is 2. The second kappa shape index (κ2) is 5.74. The number of rotatable bonds is 1. The molecule has 0 radical (unpaired) electrons. The number of nitrogens with zero attached hydrogens (tertiary/aromatic N) is 3. The van der Waals surface area contributed by atoms with Gasteiger partial charge >= 0.3 is 0 Å². The van der Waals surface area contributed by atoms with Crippen molar-refractivity contribution in [3.05, 3.63) is 27.2 Å². The van der Waals surface area contributed by atoms with Crippen LogP contribution in [-0.4, -0.2) is 17.6 Å². The van der Waals surface area contributed by atoms with Crippen molar-refractivity contribution in [3.8, 4) is 0 Å². The first-order valence-corrected chi connectivity index (χ1v) is 8.55. The van der Waals surface area contributed by atoms with Gasteiger partial charge in [-0.1, -0.05) is 18.0 Å². The van der Waals surface area contributed by atoms with Crippen LogP contribution in [0.4, 0.5) is 5.69 Å². The molecule has 3 rings (SSSR count). The molecule has 4 N–H and O–H groups in total. The molecule has 7 heteroatoms. The number of anilines is 1. The van der Waals surface area contributed by atoms with E-state index in [2.05, 4.69) is 25.9 Å². The first-order valence-electron chi connectivity index (χ1n) is 7.38. The number of benzene rings is 1. The average molecular weight is 385 g/mol. The molecule has 1 aromatic carbocycles. The highest BCUT2D eigenvalue weighted by molar-refractivity contribution is 9.10. The standard InChI is InChI=1S/C15H19BrClN5/c1-9-7-10(16)12(11(17)8-9)22-14(19)20-13(18)21-15(22)5-3-2-4-6-15/h7-8H,2-6H2,1H3,(H4,18,19,20,21). The lowest BCUT2D eigenvalue weighted by Crippen LogP contribution is -2.58. The van der Waals surface area contributed by atoms with Crippen molar-refractivity contribution < 1.29 is 0 Å². The number of aryl methyl sites for hydroxylation is 1. The predicted molar refractivity (Wildman–Crippen MR) is 95.4 cm³/mol. The van der Waals surface area contributed by atoms with Crippen LogP contribution >= 0.6 is 27.5 Å². The van der Waals surface area contributed by atoms with Crippen LogP contribution in [-0.2, 0) is 0 Å². The van der Waals surface area contributed by atoms with Crippen LogP contribution in [0.15, 0.2) is 26.6 Å². The molecule has 1 fully saturated rings. The summed E-state index contributed by atoms with van der Waals surface area (Å²) >= 11 is 10.1. The zero-order valence-corrected chi connectivity index (χ0v) is 14.8. The van der Waals surface area contributed by atoms with Crippen molar-refractivity contribution in [2.24, 2.45) is 21.5 Å².